The number of rotatable bonds is 2. The summed E-state index contributed by atoms with van der Waals surface area (Å²) >= 11 is 0. The molecule has 1 aliphatic rings. The number of hydrogen-bond acceptors (Lipinski definition) is 4. The van der Waals surface area contributed by atoms with Gasteiger partial charge in [0.1, 0.15) is 5.69 Å². The highest BCUT2D eigenvalue weighted by molar-refractivity contribution is 5.91. The van der Waals surface area contributed by atoms with E-state index in [1.807, 2.05) is 0 Å². The van der Waals surface area contributed by atoms with E-state index in [1.54, 1.807) is 6.07 Å². The zero-order valence-electron chi connectivity index (χ0n) is 7.54. The van der Waals surface area contributed by atoms with Crippen LogP contribution in [0.4, 0.5) is 0 Å². The van der Waals surface area contributed by atoms with Gasteiger partial charge < -0.3 is 9.84 Å². The van der Waals surface area contributed by atoms with Crippen molar-refractivity contribution < 1.29 is 9.32 Å². The van der Waals surface area contributed by atoms with E-state index >= 15 is 0 Å². The molecule has 0 aromatic carbocycles. The molecule has 0 aliphatic carbocycles. The Morgan fingerprint density at radius 2 is 2.62 bits per heavy atom. The predicted octanol–water partition coefficient (Wildman–Crippen LogP) is 1.30. The van der Waals surface area contributed by atoms with E-state index in [0.29, 0.717) is 5.69 Å². The fourth-order valence-corrected chi connectivity index (χ4v) is 1.55. The molecule has 0 spiro atoms. The van der Waals surface area contributed by atoms with Gasteiger partial charge in [0.25, 0.3) is 0 Å². The average molecular weight is 180 g/mol. The molecule has 1 fully saturated rings. The molecule has 0 amide bonds. The summed E-state index contributed by atoms with van der Waals surface area (Å²) in [5.41, 5.74) is 0.420. The van der Waals surface area contributed by atoms with Crippen LogP contribution in [0.25, 0.3) is 0 Å². The number of carbonyl (C=O) groups is 1. The van der Waals surface area contributed by atoms with Crippen LogP contribution in [0.1, 0.15) is 42.1 Å². The van der Waals surface area contributed by atoms with Crippen LogP contribution in [-0.4, -0.2) is 17.5 Å². The van der Waals surface area contributed by atoms with Crippen molar-refractivity contribution in [2.24, 2.45) is 0 Å². The molecular weight excluding hydrogens is 168 g/mol. The second-order valence-corrected chi connectivity index (χ2v) is 3.32. The van der Waals surface area contributed by atoms with E-state index in [1.165, 1.54) is 6.92 Å². The van der Waals surface area contributed by atoms with Crippen molar-refractivity contribution in [1.82, 2.24) is 10.5 Å². The molecule has 1 aliphatic heterocycles. The largest absolute Gasteiger partial charge is 0.359 e. The summed E-state index contributed by atoms with van der Waals surface area (Å²) in [4.78, 5) is 10.9. The van der Waals surface area contributed by atoms with Gasteiger partial charge in [-0.1, -0.05) is 5.16 Å². The lowest BCUT2D eigenvalue weighted by Crippen LogP contribution is -2.11. The standard InChI is InChI=1S/C9H12N2O2/c1-6(12)8-5-9(13-11-8)7-3-2-4-10-7/h5,7,10H,2-4H2,1H3. The summed E-state index contributed by atoms with van der Waals surface area (Å²) < 4.78 is 5.08. The van der Waals surface area contributed by atoms with Gasteiger partial charge in [0.05, 0.1) is 6.04 Å². The lowest BCUT2D eigenvalue weighted by atomic mass is 10.1. The summed E-state index contributed by atoms with van der Waals surface area (Å²) in [6, 6.07) is 1.98. The minimum absolute atomic E-state index is 0.0482. The molecular formula is C9H12N2O2. The van der Waals surface area contributed by atoms with Crippen molar-refractivity contribution >= 4 is 5.78 Å². The minimum atomic E-state index is -0.0482. The van der Waals surface area contributed by atoms with E-state index in [9.17, 15) is 4.79 Å². The van der Waals surface area contributed by atoms with Crippen LogP contribution in [0.15, 0.2) is 10.6 Å². The molecule has 1 atom stereocenters. The Labute approximate surface area is 76.3 Å². The van der Waals surface area contributed by atoms with Crippen LogP contribution >= 0.6 is 0 Å². The molecule has 1 saturated heterocycles. The molecule has 4 nitrogen and oxygen atoms in total. The Balaban J connectivity index is 2.16. The van der Waals surface area contributed by atoms with Gasteiger partial charge in [0.2, 0.25) is 0 Å². The Bertz CT molecular complexity index is 313. The first kappa shape index (κ1) is 8.44. The Hall–Kier alpha value is -1.16. The van der Waals surface area contributed by atoms with Crippen molar-refractivity contribution in [2.75, 3.05) is 6.54 Å². The third-order valence-electron chi connectivity index (χ3n) is 2.29. The van der Waals surface area contributed by atoms with Gasteiger partial charge in [0.15, 0.2) is 11.5 Å². The number of hydrogen-bond donors (Lipinski definition) is 1. The highest BCUT2D eigenvalue weighted by atomic mass is 16.5. The second-order valence-electron chi connectivity index (χ2n) is 3.32. The van der Waals surface area contributed by atoms with E-state index in [-0.39, 0.29) is 11.8 Å². The fraction of sp³-hybridized carbons (Fsp3) is 0.556. The normalized spacial score (nSPS) is 22.1. The molecule has 0 radical (unpaired) electrons. The maximum Gasteiger partial charge on any atom is 0.181 e. The quantitative estimate of drug-likeness (QED) is 0.697. The van der Waals surface area contributed by atoms with Gasteiger partial charge in [-0.15, -0.1) is 0 Å². The van der Waals surface area contributed by atoms with E-state index in [4.69, 9.17) is 4.52 Å². The number of carbonyl (C=O) groups excluding carboxylic acids is 1. The first-order valence-electron chi connectivity index (χ1n) is 4.48. The highest BCUT2D eigenvalue weighted by Crippen LogP contribution is 2.23. The van der Waals surface area contributed by atoms with Crippen molar-refractivity contribution in [3.05, 3.63) is 17.5 Å². The SMILES string of the molecule is CC(=O)c1cc(C2CCCN2)on1. The maximum absolute atomic E-state index is 10.9. The molecule has 2 heterocycles. The number of Topliss-reactive ketones (excluding diaryl/α,β-unsaturated/α-hetero) is 1. The van der Waals surface area contributed by atoms with E-state index < -0.39 is 0 Å². The van der Waals surface area contributed by atoms with Gasteiger partial charge in [-0.3, -0.25) is 4.79 Å². The predicted molar refractivity (Wildman–Crippen MR) is 46.5 cm³/mol. The van der Waals surface area contributed by atoms with Gasteiger partial charge in [-0.2, -0.15) is 0 Å². The first-order valence-corrected chi connectivity index (χ1v) is 4.48. The minimum Gasteiger partial charge on any atom is -0.359 e. The summed E-state index contributed by atoms with van der Waals surface area (Å²) in [5.74, 6) is 0.732. The lowest BCUT2D eigenvalue weighted by molar-refractivity contribution is 0.100. The summed E-state index contributed by atoms with van der Waals surface area (Å²) in [6.07, 6.45) is 2.22. The second kappa shape index (κ2) is 3.30. The third-order valence-corrected chi connectivity index (χ3v) is 2.29. The molecule has 4 heteroatoms. The number of aromatic nitrogens is 1. The van der Waals surface area contributed by atoms with Gasteiger partial charge in [-0.25, -0.2) is 0 Å². The van der Waals surface area contributed by atoms with Crippen molar-refractivity contribution in [1.29, 1.82) is 0 Å². The van der Waals surface area contributed by atoms with Gasteiger partial charge in [0, 0.05) is 13.0 Å². The molecule has 1 N–H and O–H groups in total. The first-order chi connectivity index (χ1) is 6.27. The van der Waals surface area contributed by atoms with Crippen LogP contribution in [-0.2, 0) is 0 Å². The molecule has 70 valence electrons. The van der Waals surface area contributed by atoms with Crippen LogP contribution in [0.5, 0.6) is 0 Å². The lowest BCUT2D eigenvalue weighted by Gasteiger charge is -2.02. The molecule has 0 saturated carbocycles. The smallest absolute Gasteiger partial charge is 0.181 e. The Morgan fingerprint density at radius 3 is 3.15 bits per heavy atom. The monoisotopic (exact) mass is 180 g/mol. The maximum atomic E-state index is 10.9. The van der Waals surface area contributed by atoms with E-state index in [2.05, 4.69) is 10.5 Å². The molecule has 2 rings (SSSR count). The number of nitrogens with zero attached hydrogens (tertiary/aromatic N) is 1. The summed E-state index contributed by atoms with van der Waals surface area (Å²) in [5, 5.41) is 6.98. The van der Waals surface area contributed by atoms with Gasteiger partial charge >= 0.3 is 0 Å². The van der Waals surface area contributed by atoms with Crippen LogP contribution in [0, 0.1) is 0 Å². The average Bonchev–Trinajstić information content (AvgIpc) is 2.75. The summed E-state index contributed by atoms with van der Waals surface area (Å²) in [7, 11) is 0. The van der Waals surface area contributed by atoms with E-state index in [0.717, 1.165) is 25.1 Å². The molecule has 1 unspecified atom stereocenters. The molecule has 0 bridgehead atoms. The zero-order chi connectivity index (χ0) is 9.26. The zero-order valence-corrected chi connectivity index (χ0v) is 7.54. The molecule has 13 heavy (non-hydrogen) atoms. The number of ketones is 1. The van der Waals surface area contributed by atoms with Crippen LogP contribution in [0.2, 0.25) is 0 Å². The van der Waals surface area contributed by atoms with Gasteiger partial charge in [-0.05, 0) is 19.4 Å². The third kappa shape index (κ3) is 1.62. The Morgan fingerprint density at radius 1 is 1.77 bits per heavy atom. The van der Waals surface area contributed by atoms with Crippen molar-refractivity contribution in [3.8, 4) is 0 Å². The van der Waals surface area contributed by atoms with Crippen molar-refractivity contribution in [2.45, 2.75) is 25.8 Å². The van der Waals surface area contributed by atoms with Crippen LogP contribution < -0.4 is 5.32 Å². The topological polar surface area (TPSA) is 55.1 Å². The summed E-state index contributed by atoms with van der Waals surface area (Å²) in [6.45, 7) is 2.50. The Kier molecular flexibility index (Phi) is 2.14. The highest BCUT2D eigenvalue weighted by Gasteiger charge is 2.21. The fourth-order valence-electron chi connectivity index (χ4n) is 1.55. The van der Waals surface area contributed by atoms with Crippen LogP contribution in [0.3, 0.4) is 0 Å². The molecule has 1 aromatic heterocycles. The molecule has 1 aromatic rings. The number of nitrogens with one attached hydrogen (secondary N) is 1. The van der Waals surface area contributed by atoms with Crippen molar-refractivity contribution in [3.63, 3.8) is 0 Å².